The molecule has 6 nitrogen and oxygen atoms in total. The van der Waals surface area contributed by atoms with Crippen LogP contribution in [0.25, 0.3) is 0 Å². The van der Waals surface area contributed by atoms with Crippen molar-refractivity contribution in [2.75, 3.05) is 15.5 Å². The maximum atomic E-state index is 13.0. The molecule has 0 saturated heterocycles. The summed E-state index contributed by atoms with van der Waals surface area (Å²) < 4.78 is 0. The van der Waals surface area contributed by atoms with Crippen LogP contribution in [0.15, 0.2) is 71.4 Å². The third-order valence-corrected chi connectivity index (χ3v) is 5.94. The molecule has 0 saturated carbocycles. The Morgan fingerprint density at radius 2 is 1.56 bits per heavy atom. The van der Waals surface area contributed by atoms with Crippen molar-refractivity contribution in [3.05, 3.63) is 98.1 Å². The maximum absolute atomic E-state index is 13.0. The number of hydrogen-bond acceptors (Lipinski definition) is 4. The van der Waals surface area contributed by atoms with Crippen molar-refractivity contribution in [1.29, 1.82) is 0 Å². The van der Waals surface area contributed by atoms with Crippen molar-refractivity contribution in [3.8, 4) is 0 Å². The summed E-state index contributed by atoms with van der Waals surface area (Å²) in [6.07, 6.45) is 0. The fourth-order valence-electron chi connectivity index (χ4n) is 3.55. The number of benzene rings is 3. The maximum Gasteiger partial charge on any atom is 0.283 e. The highest BCUT2D eigenvalue weighted by Crippen LogP contribution is 2.33. The summed E-state index contributed by atoms with van der Waals surface area (Å²) in [5.41, 5.74) is 3.59. The van der Waals surface area contributed by atoms with Crippen LogP contribution >= 0.6 is 34.8 Å². The van der Waals surface area contributed by atoms with Gasteiger partial charge in [-0.3, -0.25) is 14.4 Å². The summed E-state index contributed by atoms with van der Waals surface area (Å²) in [6, 6.07) is 16.6. The van der Waals surface area contributed by atoms with Gasteiger partial charge in [-0.15, -0.1) is 0 Å². The van der Waals surface area contributed by atoms with Crippen molar-refractivity contribution >= 4 is 69.6 Å². The van der Waals surface area contributed by atoms with Gasteiger partial charge in [-0.1, -0.05) is 58.6 Å². The fraction of sp³-hybridized carbons (Fsp3) is 0.0800. The van der Waals surface area contributed by atoms with E-state index in [0.29, 0.717) is 16.9 Å². The lowest BCUT2D eigenvalue weighted by Gasteiger charge is -2.16. The minimum Gasteiger partial charge on any atom is -0.350 e. The summed E-state index contributed by atoms with van der Waals surface area (Å²) in [4.78, 5) is 39.4. The highest BCUT2D eigenvalue weighted by atomic mass is 35.5. The SMILES string of the molecule is Cc1ccc(NC(=O)c2cccc(NC3=C(Cl)C(=O)N(c4cc(Cl)cc(Cl)c4)C3=O)c2)c(C)c1. The van der Waals surface area contributed by atoms with Crippen molar-refractivity contribution in [2.24, 2.45) is 0 Å². The van der Waals surface area contributed by atoms with Gasteiger partial charge in [0.05, 0.1) is 5.69 Å². The van der Waals surface area contributed by atoms with Crippen LogP contribution in [0, 0.1) is 13.8 Å². The lowest BCUT2D eigenvalue weighted by atomic mass is 10.1. The first-order valence-electron chi connectivity index (χ1n) is 10.1. The Morgan fingerprint density at radius 3 is 2.24 bits per heavy atom. The zero-order valence-corrected chi connectivity index (χ0v) is 20.3. The van der Waals surface area contributed by atoms with Gasteiger partial charge in [-0.25, -0.2) is 4.90 Å². The number of nitrogens with one attached hydrogen (secondary N) is 2. The Labute approximate surface area is 211 Å². The van der Waals surface area contributed by atoms with Crippen molar-refractivity contribution < 1.29 is 14.4 Å². The summed E-state index contributed by atoms with van der Waals surface area (Å²) in [5, 5.41) is 5.99. The molecule has 0 bridgehead atoms. The number of amides is 3. The Morgan fingerprint density at radius 1 is 0.853 bits per heavy atom. The topological polar surface area (TPSA) is 78.5 Å². The molecule has 1 aliphatic rings. The van der Waals surface area contributed by atoms with E-state index in [1.807, 2.05) is 32.0 Å². The molecule has 0 atom stereocenters. The van der Waals surface area contributed by atoms with E-state index in [-0.39, 0.29) is 32.4 Å². The monoisotopic (exact) mass is 513 g/mol. The third-order valence-electron chi connectivity index (χ3n) is 5.16. The number of halogens is 3. The molecule has 0 unspecified atom stereocenters. The van der Waals surface area contributed by atoms with Crippen LogP contribution in [-0.4, -0.2) is 17.7 Å². The van der Waals surface area contributed by atoms with E-state index in [1.165, 1.54) is 18.2 Å². The first-order valence-corrected chi connectivity index (χ1v) is 11.3. The predicted octanol–water partition coefficient (Wildman–Crippen LogP) is 6.30. The number of imide groups is 1. The molecule has 3 aromatic carbocycles. The molecular weight excluding hydrogens is 497 g/mol. The minimum absolute atomic E-state index is 0.116. The van der Waals surface area contributed by atoms with Gasteiger partial charge in [0.1, 0.15) is 10.7 Å². The number of nitrogens with zero attached hydrogens (tertiary/aromatic N) is 1. The lowest BCUT2D eigenvalue weighted by molar-refractivity contribution is -0.120. The Balaban J connectivity index is 1.56. The van der Waals surface area contributed by atoms with E-state index in [0.717, 1.165) is 16.0 Å². The molecule has 4 rings (SSSR count). The van der Waals surface area contributed by atoms with E-state index >= 15 is 0 Å². The second-order valence-electron chi connectivity index (χ2n) is 7.74. The zero-order valence-electron chi connectivity index (χ0n) is 18.1. The first-order chi connectivity index (χ1) is 16.1. The number of rotatable bonds is 5. The second kappa shape index (κ2) is 9.50. The van der Waals surface area contributed by atoms with Gasteiger partial charge in [0, 0.05) is 27.0 Å². The smallest absolute Gasteiger partial charge is 0.283 e. The Bertz CT molecular complexity index is 1360. The molecule has 0 fully saturated rings. The van der Waals surface area contributed by atoms with Crippen molar-refractivity contribution in [2.45, 2.75) is 13.8 Å². The number of anilines is 3. The molecule has 0 radical (unpaired) electrons. The van der Waals surface area contributed by atoms with Crippen molar-refractivity contribution in [1.82, 2.24) is 0 Å². The number of hydrogen-bond donors (Lipinski definition) is 2. The standard InChI is InChI=1S/C25H18Cl3N3O3/c1-13-6-7-20(14(2)8-13)30-23(32)15-4-3-5-18(9-15)29-22-21(28)24(33)31(25(22)34)19-11-16(26)10-17(27)12-19/h3-12,29H,1-2H3,(H,30,32). The summed E-state index contributed by atoms with van der Waals surface area (Å²) in [7, 11) is 0. The highest BCUT2D eigenvalue weighted by Gasteiger charge is 2.39. The number of carbonyl (C=O) groups is 3. The van der Waals surface area contributed by atoms with Crippen LogP contribution in [0.2, 0.25) is 10.0 Å². The number of carbonyl (C=O) groups excluding carboxylic acids is 3. The van der Waals surface area contributed by atoms with E-state index in [1.54, 1.807) is 24.3 Å². The van der Waals surface area contributed by atoms with Crippen LogP contribution in [0.1, 0.15) is 21.5 Å². The Kier molecular flexibility index (Phi) is 6.66. The molecular formula is C25H18Cl3N3O3. The average Bonchev–Trinajstić information content (AvgIpc) is 2.98. The second-order valence-corrected chi connectivity index (χ2v) is 8.99. The van der Waals surface area contributed by atoms with E-state index in [2.05, 4.69) is 10.6 Å². The predicted molar refractivity (Wildman–Crippen MR) is 136 cm³/mol. The molecule has 2 N–H and O–H groups in total. The summed E-state index contributed by atoms with van der Waals surface area (Å²) in [5.74, 6) is -1.70. The van der Waals surface area contributed by atoms with Crippen LogP contribution in [-0.2, 0) is 9.59 Å². The normalized spacial score (nSPS) is 13.5. The Hall–Kier alpha value is -3.32. The minimum atomic E-state index is -0.712. The molecule has 1 heterocycles. The largest absolute Gasteiger partial charge is 0.350 e. The molecule has 3 amide bonds. The molecule has 9 heteroatoms. The van der Waals surface area contributed by atoms with Crippen LogP contribution in [0.5, 0.6) is 0 Å². The van der Waals surface area contributed by atoms with E-state index in [9.17, 15) is 14.4 Å². The molecule has 1 aliphatic heterocycles. The first kappa shape index (κ1) is 23.8. The third kappa shape index (κ3) is 4.80. The zero-order chi connectivity index (χ0) is 24.6. The molecule has 0 aromatic heterocycles. The summed E-state index contributed by atoms with van der Waals surface area (Å²) >= 11 is 18.2. The van der Waals surface area contributed by atoms with Gasteiger partial charge >= 0.3 is 0 Å². The van der Waals surface area contributed by atoms with Gasteiger partial charge in [0.15, 0.2) is 0 Å². The van der Waals surface area contributed by atoms with Gasteiger partial charge in [-0.2, -0.15) is 0 Å². The van der Waals surface area contributed by atoms with Gasteiger partial charge in [-0.05, 0) is 61.9 Å². The van der Waals surface area contributed by atoms with Crippen LogP contribution in [0.3, 0.4) is 0 Å². The summed E-state index contributed by atoms with van der Waals surface area (Å²) in [6.45, 7) is 3.89. The molecule has 0 spiro atoms. The molecule has 0 aliphatic carbocycles. The quantitative estimate of drug-likeness (QED) is 0.392. The lowest BCUT2D eigenvalue weighted by Crippen LogP contribution is -2.32. The van der Waals surface area contributed by atoms with Crippen molar-refractivity contribution in [3.63, 3.8) is 0 Å². The average molecular weight is 515 g/mol. The van der Waals surface area contributed by atoms with E-state index in [4.69, 9.17) is 34.8 Å². The van der Waals surface area contributed by atoms with Gasteiger partial charge in [0.2, 0.25) is 0 Å². The highest BCUT2D eigenvalue weighted by molar-refractivity contribution is 6.53. The van der Waals surface area contributed by atoms with Gasteiger partial charge < -0.3 is 10.6 Å². The van der Waals surface area contributed by atoms with Gasteiger partial charge in [0.25, 0.3) is 17.7 Å². The molecule has 34 heavy (non-hydrogen) atoms. The number of aryl methyl sites for hydroxylation is 2. The molecule has 172 valence electrons. The molecule has 3 aromatic rings. The van der Waals surface area contributed by atoms with Crippen LogP contribution in [0.4, 0.5) is 17.1 Å². The fourth-order valence-corrected chi connectivity index (χ4v) is 4.27. The van der Waals surface area contributed by atoms with Crippen LogP contribution < -0.4 is 15.5 Å². The van der Waals surface area contributed by atoms with E-state index < -0.39 is 11.8 Å².